The molecule has 0 saturated heterocycles. The standard InChI is InChI=1S/C12H13F2NO4/c1-7(8-2-9(13)4-10(14)3-8)15(5-11(16)17)6-12(18)19/h2-4,7H,5-6H2,1H3,(H,16,17)(H,18,19). The van der Waals surface area contributed by atoms with E-state index >= 15 is 0 Å². The topological polar surface area (TPSA) is 77.8 Å². The maximum atomic E-state index is 13.1. The SMILES string of the molecule is CC(c1cc(F)cc(F)c1)N(CC(=O)O)CC(=O)O. The number of halogens is 2. The first-order chi connectivity index (χ1) is 8.79. The predicted molar refractivity (Wildman–Crippen MR) is 61.6 cm³/mol. The Hall–Kier alpha value is -2.02. The molecule has 19 heavy (non-hydrogen) atoms. The third-order valence-corrected chi connectivity index (χ3v) is 2.59. The lowest BCUT2D eigenvalue weighted by molar-refractivity contribution is -0.142. The lowest BCUT2D eigenvalue weighted by Crippen LogP contribution is -2.36. The van der Waals surface area contributed by atoms with E-state index in [2.05, 4.69) is 0 Å². The minimum atomic E-state index is -1.22. The van der Waals surface area contributed by atoms with Crippen LogP contribution in [0.5, 0.6) is 0 Å². The van der Waals surface area contributed by atoms with Crippen LogP contribution >= 0.6 is 0 Å². The Balaban J connectivity index is 2.99. The van der Waals surface area contributed by atoms with Gasteiger partial charge in [0.05, 0.1) is 13.1 Å². The Morgan fingerprint density at radius 1 is 1.11 bits per heavy atom. The van der Waals surface area contributed by atoms with Gasteiger partial charge in [-0.1, -0.05) is 0 Å². The van der Waals surface area contributed by atoms with Crippen molar-refractivity contribution in [2.24, 2.45) is 0 Å². The number of benzene rings is 1. The Labute approximate surface area is 108 Å². The minimum Gasteiger partial charge on any atom is -0.480 e. The Morgan fingerprint density at radius 3 is 1.89 bits per heavy atom. The number of aliphatic carboxylic acids is 2. The first-order valence-electron chi connectivity index (χ1n) is 5.43. The molecule has 0 radical (unpaired) electrons. The predicted octanol–water partition coefficient (Wildman–Crippen LogP) is 1.50. The number of carbonyl (C=O) groups is 2. The summed E-state index contributed by atoms with van der Waals surface area (Å²) < 4.78 is 26.2. The van der Waals surface area contributed by atoms with Crippen molar-refractivity contribution in [3.8, 4) is 0 Å². The van der Waals surface area contributed by atoms with Gasteiger partial charge in [-0.2, -0.15) is 0 Å². The molecule has 0 bridgehead atoms. The molecule has 1 atom stereocenters. The van der Waals surface area contributed by atoms with Crippen LogP contribution in [0.4, 0.5) is 8.78 Å². The average molecular weight is 273 g/mol. The van der Waals surface area contributed by atoms with E-state index in [1.54, 1.807) is 0 Å². The van der Waals surface area contributed by atoms with E-state index in [1.165, 1.54) is 6.92 Å². The van der Waals surface area contributed by atoms with Crippen molar-refractivity contribution >= 4 is 11.9 Å². The normalized spacial score (nSPS) is 12.4. The van der Waals surface area contributed by atoms with Crippen molar-refractivity contribution in [3.05, 3.63) is 35.4 Å². The summed E-state index contributed by atoms with van der Waals surface area (Å²) in [7, 11) is 0. The molecule has 7 heteroatoms. The molecule has 104 valence electrons. The smallest absolute Gasteiger partial charge is 0.317 e. The van der Waals surface area contributed by atoms with Crippen LogP contribution in [0, 0.1) is 11.6 Å². The van der Waals surface area contributed by atoms with Gasteiger partial charge < -0.3 is 10.2 Å². The Bertz CT molecular complexity index is 456. The van der Waals surface area contributed by atoms with Gasteiger partial charge in [0, 0.05) is 12.1 Å². The summed E-state index contributed by atoms with van der Waals surface area (Å²) in [5.41, 5.74) is 0.181. The molecule has 0 aliphatic carbocycles. The maximum Gasteiger partial charge on any atom is 0.317 e. The molecule has 0 amide bonds. The van der Waals surface area contributed by atoms with Crippen molar-refractivity contribution in [3.63, 3.8) is 0 Å². The summed E-state index contributed by atoms with van der Waals surface area (Å²) in [6.07, 6.45) is 0. The molecule has 0 aliphatic rings. The van der Waals surface area contributed by atoms with Gasteiger partial charge in [0.15, 0.2) is 0 Å². The van der Waals surface area contributed by atoms with E-state index in [0.717, 1.165) is 17.0 Å². The second-order valence-electron chi connectivity index (χ2n) is 4.07. The fraction of sp³-hybridized carbons (Fsp3) is 0.333. The second kappa shape index (κ2) is 6.24. The monoisotopic (exact) mass is 273 g/mol. The summed E-state index contributed by atoms with van der Waals surface area (Å²) in [5.74, 6) is -4.03. The van der Waals surface area contributed by atoms with Crippen molar-refractivity contribution in [2.75, 3.05) is 13.1 Å². The molecule has 2 N–H and O–H groups in total. The Kier molecular flexibility index (Phi) is 4.94. The van der Waals surface area contributed by atoms with E-state index in [-0.39, 0.29) is 5.56 Å². The van der Waals surface area contributed by atoms with Crippen molar-refractivity contribution in [1.82, 2.24) is 4.90 Å². The zero-order valence-electron chi connectivity index (χ0n) is 10.1. The Morgan fingerprint density at radius 2 is 1.53 bits per heavy atom. The summed E-state index contributed by atoms with van der Waals surface area (Å²) >= 11 is 0. The van der Waals surface area contributed by atoms with Crippen molar-refractivity contribution < 1.29 is 28.6 Å². The highest BCUT2D eigenvalue weighted by Gasteiger charge is 2.21. The molecule has 0 aliphatic heterocycles. The van der Waals surface area contributed by atoms with Crippen molar-refractivity contribution in [2.45, 2.75) is 13.0 Å². The van der Waals surface area contributed by atoms with Gasteiger partial charge in [-0.05, 0) is 24.6 Å². The van der Waals surface area contributed by atoms with Gasteiger partial charge in [-0.3, -0.25) is 14.5 Å². The highest BCUT2D eigenvalue weighted by molar-refractivity contribution is 5.72. The fourth-order valence-electron chi connectivity index (χ4n) is 1.70. The zero-order chi connectivity index (χ0) is 14.6. The number of hydrogen-bond donors (Lipinski definition) is 2. The number of rotatable bonds is 6. The molecule has 0 heterocycles. The van der Waals surface area contributed by atoms with Crippen LogP contribution in [-0.4, -0.2) is 40.1 Å². The van der Waals surface area contributed by atoms with Gasteiger partial charge in [-0.25, -0.2) is 8.78 Å². The molecular formula is C12H13F2NO4. The number of nitrogens with zero attached hydrogens (tertiary/aromatic N) is 1. The summed E-state index contributed by atoms with van der Waals surface area (Å²) in [6.45, 7) is 0.414. The van der Waals surface area contributed by atoms with E-state index in [1.807, 2.05) is 0 Å². The van der Waals surface area contributed by atoms with Gasteiger partial charge in [0.25, 0.3) is 0 Å². The van der Waals surface area contributed by atoms with E-state index in [9.17, 15) is 18.4 Å². The summed E-state index contributed by atoms with van der Waals surface area (Å²) in [4.78, 5) is 22.5. The van der Waals surface area contributed by atoms with Gasteiger partial charge in [-0.15, -0.1) is 0 Å². The highest BCUT2D eigenvalue weighted by atomic mass is 19.1. The molecule has 0 fully saturated rings. The largest absolute Gasteiger partial charge is 0.480 e. The fourth-order valence-corrected chi connectivity index (χ4v) is 1.70. The second-order valence-corrected chi connectivity index (χ2v) is 4.07. The van der Waals surface area contributed by atoms with Crippen LogP contribution in [0.15, 0.2) is 18.2 Å². The van der Waals surface area contributed by atoms with Crippen LogP contribution < -0.4 is 0 Å². The van der Waals surface area contributed by atoms with Gasteiger partial charge >= 0.3 is 11.9 Å². The molecule has 1 aromatic rings. The maximum absolute atomic E-state index is 13.1. The zero-order valence-corrected chi connectivity index (χ0v) is 10.1. The molecule has 5 nitrogen and oxygen atoms in total. The third-order valence-electron chi connectivity index (χ3n) is 2.59. The molecule has 0 saturated carbocycles. The molecular weight excluding hydrogens is 260 g/mol. The third kappa shape index (κ3) is 4.63. The minimum absolute atomic E-state index is 0.181. The first kappa shape index (κ1) is 15.0. The van der Waals surface area contributed by atoms with Gasteiger partial charge in [0.2, 0.25) is 0 Å². The summed E-state index contributed by atoms with van der Waals surface area (Å²) in [6, 6.07) is 2.04. The van der Waals surface area contributed by atoms with Gasteiger partial charge in [0.1, 0.15) is 11.6 Å². The molecule has 1 rings (SSSR count). The van der Waals surface area contributed by atoms with Crippen LogP contribution in [0.2, 0.25) is 0 Å². The highest BCUT2D eigenvalue weighted by Crippen LogP contribution is 2.21. The van der Waals surface area contributed by atoms with E-state index in [4.69, 9.17) is 10.2 Å². The lowest BCUT2D eigenvalue weighted by Gasteiger charge is -2.26. The molecule has 0 aromatic heterocycles. The van der Waals surface area contributed by atoms with Crippen LogP contribution in [-0.2, 0) is 9.59 Å². The molecule has 0 spiro atoms. The number of carboxylic acid groups (broad SMARTS) is 2. The van der Waals surface area contributed by atoms with E-state index < -0.39 is 42.7 Å². The van der Waals surface area contributed by atoms with E-state index in [0.29, 0.717) is 6.07 Å². The molecule has 1 unspecified atom stereocenters. The lowest BCUT2D eigenvalue weighted by atomic mass is 10.1. The number of hydrogen-bond acceptors (Lipinski definition) is 3. The van der Waals surface area contributed by atoms with Crippen LogP contribution in [0.25, 0.3) is 0 Å². The molecule has 1 aromatic carbocycles. The van der Waals surface area contributed by atoms with Crippen molar-refractivity contribution in [1.29, 1.82) is 0 Å². The summed E-state index contributed by atoms with van der Waals surface area (Å²) in [5, 5.41) is 17.4. The van der Waals surface area contributed by atoms with Crippen LogP contribution in [0.1, 0.15) is 18.5 Å². The quantitative estimate of drug-likeness (QED) is 0.821. The average Bonchev–Trinajstić information content (AvgIpc) is 2.24. The van der Waals surface area contributed by atoms with Crippen LogP contribution in [0.3, 0.4) is 0 Å². The number of carboxylic acids is 2. The first-order valence-corrected chi connectivity index (χ1v) is 5.43.